The fraction of sp³-hybridized carbons (Fsp3) is 0.348. The first-order valence-electron chi connectivity index (χ1n) is 9.37. The average molecular weight is 352 g/mol. The molecule has 0 unspecified atom stereocenters. The molecule has 0 aliphatic carbocycles. The predicted octanol–water partition coefficient (Wildman–Crippen LogP) is 5.80. The molecule has 0 saturated carbocycles. The zero-order valence-corrected chi connectivity index (χ0v) is 15.4. The van der Waals surface area contributed by atoms with Crippen LogP contribution in [0, 0.1) is 0 Å². The smallest absolute Gasteiger partial charge is 0.330 e. The van der Waals surface area contributed by atoms with Crippen molar-refractivity contribution in [1.29, 1.82) is 0 Å². The van der Waals surface area contributed by atoms with Gasteiger partial charge in [0.2, 0.25) is 0 Å². The highest BCUT2D eigenvalue weighted by Crippen LogP contribution is 2.22. The molecule has 2 aromatic rings. The van der Waals surface area contributed by atoms with Crippen LogP contribution < -0.4 is 4.74 Å². The van der Waals surface area contributed by atoms with Crippen LogP contribution in [0.2, 0.25) is 0 Å². The van der Waals surface area contributed by atoms with Crippen molar-refractivity contribution in [3.05, 3.63) is 67.3 Å². The number of esters is 1. The van der Waals surface area contributed by atoms with E-state index in [0.717, 1.165) is 44.5 Å². The molecule has 0 saturated heterocycles. The third-order valence-corrected chi connectivity index (χ3v) is 4.18. The summed E-state index contributed by atoms with van der Waals surface area (Å²) in [5, 5.41) is 0. The van der Waals surface area contributed by atoms with E-state index >= 15 is 0 Å². The molecular formula is C23H28O3. The SMILES string of the molecule is C=CC(=O)OCCCCCCCCOc1ccc(-c2ccccc2)cc1. The van der Waals surface area contributed by atoms with Gasteiger partial charge in [0, 0.05) is 6.08 Å². The summed E-state index contributed by atoms with van der Waals surface area (Å²) in [6, 6.07) is 18.6. The molecule has 0 atom stereocenters. The highest BCUT2D eigenvalue weighted by Gasteiger charge is 1.99. The standard InChI is InChI=1S/C23H28O3/c1-2-23(24)26-19-11-6-4-3-5-10-18-25-22-16-14-21(15-17-22)20-12-8-7-9-13-20/h2,7-9,12-17H,1,3-6,10-11,18-19H2. The number of rotatable bonds is 12. The summed E-state index contributed by atoms with van der Waals surface area (Å²) in [5.74, 6) is 0.590. The van der Waals surface area contributed by atoms with Crippen molar-refractivity contribution < 1.29 is 14.3 Å². The Labute approximate surface area is 156 Å². The summed E-state index contributed by atoms with van der Waals surface area (Å²) in [4.78, 5) is 10.9. The van der Waals surface area contributed by atoms with Gasteiger partial charge in [-0.3, -0.25) is 0 Å². The Bertz CT molecular complexity index is 647. The minimum atomic E-state index is -0.334. The second-order valence-corrected chi connectivity index (χ2v) is 6.23. The maximum absolute atomic E-state index is 10.9. The van der Waals surface area contributed by atoms with E-state index in [-0.39, 0.29) is 5.97 Å². The first kappa shape index (κ1) is 19.8. The van der Waals surface area contributed by atoms with Crippen LogP contribution >= 0.6 is 0 Å². The van der Waals surface area contributed by atoms with Crippen LogP contribution in [0.15, 0.2) is 67.3 Å². The lowest BCUT2D eigenvalue weighted by atomic mass is 10.1. The molecular weight excluding hydrogens is 324 g/mol. The lowest BCUT2D eigenvalue weighted by Gasteiger charge is -2.08. The second-order valence-electron chi connectivity index (χ2n) is 6.23. The van der Waals surface area contributed by atoms with Gasteiger partial charge < -0.3 is 9.47 Å². The minimum Gasteiger partial charge on any atom is -0.494 e. The Morgan fingerprint density at radius 1 is 0.769 bits per heavy atom. The lowest BCUT2D eigenvalue weighted by molar-refractivity contribution is -0.137. The van der Waals surface area contributed by atoms with Crippen LogP contribution in [0.1, 0.15) is 38.5 Å². The third kappa shape index (κ3) is 7.56. The van der Waals surface area contributed by atoms with Gasteiger partial charge in [-0.1, -0.05) is 74.7 Å². The number of hydrogen-bond acceptors (Lipinski definition) is 3. The first-order valence-corrected chi connectivity index (χ1v) is 9.37. The Hall–Kier alpha value is -2.55. The predicted molar refractivity (Wildman–Crippen MR) is 106 cm³/mol. The molecule has 0 aliphatic heterocycles. The molecule has 0 radical (unpaired) electrons. The van der Waals surface area contributed by atoms with Gasteiger partial charge in [0.05, 0.1) is 13.2 Å². The van der Waals surface area contributed by atoms with Gasteiger partial charge in [0.15, 0.2) is 0 Å². The van der Waals surface area contributed by atoms with Crippen LogP contribution in [-0.4, -0.2) is 19.2 Å². The molecule has 0 N–H and O–H groups in total. The maximum Gasteiger partial charge on any atom is 0.330 e. The van der Waals surface area contributed by atoms with Gasteiger partial charge in [-0.2, -0.15) is 0 Å². The molecule has 0 bridgehead atoms. The van der Waals surface area contributed by atoms with Crippen molar-refractivity contribution in [2.24, 2.45) is 0 Å². The van der Waals surface area contributed by atoms with Crippen LogP contribution in [0.5, 0.6) is 5.75 Å². The largest absolute Gasteiger partial charge is 0.494 e. The van der Waals surface area contributed by atoms with E-state index in [9.17, 15) is 4.79 Å². The average Bonchev–Trinajstić information content (AvgIpc) is 2.70. The summed E-state index contributed by atoms with van der Waals surface area (Å²) < 4.78 is 10.8. The van der Waals surface area contributed by atoms with Crippen molar-refractivity contribution in [3.63, 3.8) is 0 Å². The van der Waals surface area contributed by atoms with Crippen LogP contribution in [-0.2, 0) is 9.53 Å². The molecule has 2 rings (SSSR count). The molecule has 0 aromatic heterocycles. The van der Waals surface area contributed by atoms with Gasteiger partial charge >= 0.3 is 5.97 Å². The zero-order chi connectivity index (χ0) is 18.5. The number of unbranched alkanes of at least 4 members (excludes halogenated alkanes) is 5. The van der Waals surface area contributed by atoms with E-state index in [1.807, 2.05) is 30.3 Å². The summed E-state index contributed by atoms with van der Waals surface area (Å²) in [5.41, 5.74) is 2.43. The number of ether oxygens (including phenoxy) is 2. The molecule has 0 aliphatic rings. The zero-order valence-electron chi connectivity index (χ0n) is 15.4. The van der Waals surface area contributed by atoms with E-state index in [0.29, 0.717) is 6.61 Å². The molecule has 0 spiro atoms. The second kappa shape index (κ2) is 11.9. The van der Waals surface area contributed by atoms with Gasteiger partial charge in [0.25, 0.3) is 0 Å². The summed E-state index contributed by atoms with van der Waals surface area (Å²) in [7, 11) is 0. The molecule has 26 heavy (non-hydrogen) atoms. The number of carbonyl (C=O) groups excluding carboxylic acids is 1. The molecule has 0 fully saturated rings. The lowest BCUT2D eigenvalue weighted by Crippen LogP contribution is -2.01. The Kier molecular flexibility index (Phi) is 9.06. The molecule has 3 nitrogen and oxygen atoms in total. The molecule has 138 valence electrons. The van der Waals surface area contributed by atoms with E-state index < -0.39 is 0 Å². The third-order valence-electron chi connectivity index (χ3n) is 4.18. The van der Waals surface area contributed by atoms with Crippen molar-refractivity contribution in [3.8, 4) is 16.9 Å². The molecule has 0 heterocycles. The Morgan fingerprint density at radius 3 is 2.00 bits per heavy atom. The number of benzene rings is 2. The number of hydrogen-bond donors (Lipinski definition) is 0. The van der Waals surface area contributed by atoms with Gasteiger partial charge in [-0.15, -0.1) is 0 Å². The number of carbonyl (C=O) groups is 1. The highest BCUT2D eigenvalue weighted by molar-refractivity contribution is 5.81. The van der Waals surface area contributed by atoms with E-state index in [4.69, 9.17) is 9.47 Å². The van der Waals surface area contributed by atoms with Gasteiger partial charge in [0.1, 0.15) is 5.75 Å². The van der Waals surface area contributed by atoms with Crippen LogP contribution in [0.4, 0.5) is 0 Å². The van der Waals surface area contributed by atoms with Crippen LogP contribution in [0.3, 0.4) is 0 Å². The topological polar surface area (TPSA) is 35.5 Å². The molecule has 3 heteroatoms. The molecule has 0 amide bonds. The van der Waals surface area contributed by atoms with Crippen molar-refractivity contribution in [1.82, 2.24) is 0 Å². The van der Waals surface area contributed by atoms with Crippen LogP contribution in [0.25, 0.3) is 11.1 Å². The fourth-order valence-electron chi connectivity index (χ4n) is 2.71. The van der Waals surface area contributed by atoms with Gasteiger partial charge in [-0.25, -0.2) is 4.79 Å². The maximum atomic E-state index is 10.9. The Morgan fingerprint density at radius 2 is 1.35 bits per heavy atom. The summed E-state index contributed by atoms with van der Waals surface area (Å²) in [6.07, 6.45) is 7.79. The van der Waals surface area contributed by atoms with E-state index in [2.05, 4.69) is 30.8 Å². The Balaban J connectivity index is 1.51. The van der Waals surface area contributed by atoms with E-state index in [1.54, 1.807) is 0 Å². The normalized spacial score (nSPS) is 10.3. The quantitative estimate of drug-likeness (QED) is 0.275. The van der Waals surface area contributed by atoms with Crippen molar-refractivity contribution >= 4 is 5.97 Å². The fourth-order valence-corrected chi connectivity index (χ4v) is 2.71. The molecule has 2 aromatic carbocycles. The van der Waals surface area contributed by atoms with E-state index in [1.165, 1.54) is 23.6 Å². The van der Waals surface area contributed by atoms with Crippen molar-refractivity contribution in [2.45, 2.75) is 38.5 Å². The monoisotopic (exact) mass is 352 g/mol. The minimum absolute atomic E-state index is 0.334. The first-order chi connectivity index (χ1) is 12.8. The highest BCUT2D eigenvalue weighted by atomic mass is 16.5. The van der Waals surface area contributed by atoms with Crippen molar-refractivity contribution in [2.75, 3.05) is 13.2 Å². The summed E-state index contributed by atoms with van der Waals surface area (Å²) in [6.45, 7) is 4.62. The van der Waals surface area contributed by atoms with Gasteiger partial charge in [-0.05, 0) is 36.1 Å². The summed E-state index contributed by atoms with van der Waals surface area (Å²) >= 11 is 0.